The molecule has 0 bridgehead atoms. The minimum atomic E-state index is -0.181. The Morgan fingerprint density at radius 3 is 3.00 bits per heavy atom. The van der Waals surface area contributed by atoms with Crippen molar-refractivity contribution in [1.29, 1.82) is 0 Å². The molecular weight excluding hydrogens is 286 g/mol. The average Bonchev–Trinajstić information content (AvgIpc) is 2.91. The molecule has 0 atom stereocenters. The summed E-state index contributed by atoms with van der Waals surface area (Å²) in [7, 11) is 0. The standard InChI is InChI=1S/C15H15N3O2S/c16-5-6-20-12-7-15(19)18(17-8-12)9-11-10-21-14-4-2-1-3-13(11)14/h1-4,7-8,10H,5-6,9,16H2. The lowest BCUT2D eigenvalue weighted by molar-refractivity contribution is 0.324. The van der Waals surface area contributed by atoms with E-state index in [2.05, 4.69) is 22.6 Å². The van der Waals surface area contributed by atoms with Gasteiger partial charge in [0.2, 0.25) is 0 Å². The van der Waals surface area contributed by atoms with Gasteiger partial charge in [-0.2, -0.15) is 5.10 Å². The quantitative estimate of drug-likeness (QED) is 0.780. The SMILES string of the molecule is NCCOc1cnn(Cc2csc3ccccc23)c(=O)c1. The zero-order chi connectivity index (χ0) is 14.7. The van der Waals surface area contributed by atoms with E-state index in [1.165, 1.54) is 20.8 Å². The Hall–Kier alpha value is -2.18. The molecule has 5 nitrogen and oxygen atoms in total. The van der Waals surface area contributed by atoms with Crippen LogP contribution in [0.25, 0.3) is 10.1 Å². The maximum absolute atomic E-state index is 12.1. The summed E-state index contributed by atoms with van der Waals surface area (Å²) in [6.45, 7) is 1.24. The summed E-state index contributed by atoms with van der Waals surface area (Å²) in [4.78, 5) is 12.1. The molecule has 0 aliphatic rings. The van der Waals surface area contributed by atoms with Crippen molar-refractivity contribution in [1.82, 2.24) is 9.78 Å². The van der Waals surface area contributed by atoms with Gasteiger partial charge in [0.25, 0.3) is 5.56 Å². The fourth-order valence-corrected chi connectivity index (χ4v) is 3.06. The first-order valence-corrected chi connectivity index (χ1v) is 7.51. The Morgan fingerprint density at radius 1 is 1.33 bits per heavy atom. The lowest BCUT2D eigenvalue weighted by Gasteiger charge is -2.06. The summed E-state index contributed by atoms with van der Waals surface area (Å²) in [6, 6.07) is 9.58. The second kappa shape index (κ2) is 6.07. The normalized spacial score (nSPS) is 10.9. The molecule has 0 saturated heterocycles. The fraction of sp³-hybridized carbons (Fsp3) is 0.200. The number of fused-ring (bicyclic) bond motifs is 1. The molecule has 2 N–H and O–H groups in total. The van der Waals surface area contributed by atoms with Crippen molar-refractivity contribution in [2.45, 2.75) is 6.54 Å². The lowest BCUT2D eigenvalue weighted by atomic mass is 10.2. The van der Waals surface area contributed by atoms with E-state index in [9.17, 15) is 4.79 Å². The van der Waals surface area contributed by atoms with Crippen molar-refractivity contribution < 1.29 is 4.74 Å². The first-order chi connectivity index (χ1) is 10.3. The van der Waals surface area contributed by atoms with Crippen LogP contribution >= 0.6 is 11.3 Å². The van der Waals surface area contributed by atoms with Gasteiger partial charge in [0.15, 0.2) is 0 Å². The highest BCUT2D eigenvalue weighted by molar-refractivity contribution is 7.17. The van der Waals surface area contributed by atoms with Crippen LogP contribution in [0, 0.1) is 0 Å². The van der Waals surface area contributed by atoms with Gasteiger partial charge in [0, 0.05) is 17.3 Å². The summed E-state index contributed by atoms with van der Waals surface area (Å²) in [5.41, 5.74) is 6.28. The van der Waals surface area contributed by atoms with Crippen LogP contribution in [-0.4, -0.2) is 22.9 Å². The summed E-state index contributed by atoms with van der Waals surface area (Å²) in [6.07, 6.45) is 1.55. The zero-order valence-electron chi connectivity index (χ0n) is 11.4. The molecule has 0 aliphatic carbocycles. The molecule has 1 aromatic carbocycles. The summed E-state index contributed by atoms with van der Waals surface area (Å²) < 4.78 is 7.94. The number of nitrogens with zero attached hydrogens (tertiary/aromatic N) is 2. The van der Waals surface area contributed by atoms with Gasteiger partial charge in [-0.1, -0.05) is 18.2 Å². The molecule has 0 aliphatic heterocycles. The highest BCUT2D eigenvalue weighted by atomic mass is 32.1. The number of aromatic nitrogens is 2. The van der Waals surface area contributed by atoms with E-state index in [1.807, 2.05) is 12.1 Å². The molecule has 0 spiro atoms. The van der Waals surface area contributed by atoms with Gasteiger partial charge in [-0.3, -0.25) is 4.79 Å². The third kappa shape index (κ3) is 2.96. The molecule has 2 heterocycles. The molecule has 0 radical (unpaired) electrons. The maximum Gasteiger partial charge on any atom is 0.270 e. The zero-order valence-corrected chi connectivity index (χ0v) is 12.2. The smallest absolute Gasteiger partial charge is 0.270 e. The summed E-state index contributed by atoms with van der Waals surface area (Å²) >= 11 is 1.67. The minimum Gasteiger partial charge on any atom is -0.490 e. The second-order valence-corrected chi connectivity index (χ2v) is 5.49. The average molecular weight is 301 g/mol. The van der Waals surface area contributed by atoms with Crippen molar-refractivity contribution >= 4 is 21.4 Å². The number of hydrogen-bond donors (Lipinski definition) is 1. The largest absolute Gasteiger partial charge is 0.490 e. The van der Waals surface area contributed by atoms with E-state index < -0.39 is 0 Å². The molecule has 3 aromatic rings. The second-order valence-electron chi connectivity index (χ2n) is 4.58. The Balaban J connectivity index is 1.86. The van der Waals surface area contributed by atoms with E-state index in [1.54, 1.807) is 17.5 Å². The van der Waals surface area contributed by atoms with E-state index in [-0.39, 0.29) is 5.56 Å². The van der Waals surface area contributed by atoms with E-state index in [4.69, 9.17) is 10.5 Å². The predicted molar refractivity (Wildman–Crippen MR) is 84.0 cm³/mol. The number of nitrogens with two attached hydrogens (primary N) is 1. The van der Waals surface area contributed by atoms with Crippen molar-refractivity contribution in [3.63, 3.8) is 0 Å². The van der Waals surface area contributed by atoms with Crippen LogP contribution in [0.3, 0.4) is 0 Å². The van der Waals surface area contributed by atoms with E-state index in [0.29, 0.717) is 25.4 Å². The number of hydrogen-bond acceptors (Lipinski definition) is 5. The third-order valence-corrected chi connectivity index (χ3v) is 4.12. The highest BCUT2D eigenvalue weighted by Crippen LogP contribution is 2.25. The molecule has 0 fully saturated rings. The molecule has 21 heavy (non-hydrogen) atoms. The topological polar surface area (TPSA) is 70.1 Å². The molecular formula is C15H15N3O2S. The van der Waals surface area contributed by atoms with E-state index >= 15 is 0 Å². The summed E-state index contributed by atoms with van der Waals surface area (Å²) in [5, 5.41) is 7.39. The van der Waals surface area contributed by atoms with Crippen LogP contribution in [0.4, 0.5) is 0 Å². The third-order valence-electron chi connectivity index (χ3n) is 3.11. The van der Waals surface area contributed by atoms with Crippen LogP contribution in [0.1, 0.15) is 5.56 Å². The molecule has 0 saturated carbocycles. The molecule has 3 rings (SSSR count). The van der Waals surface area contributed by atoms with Crippen molar-refractivity contribution in [2.75, 3.05) is 13.2 Å². The fourth-order valence-electron chi connectivity index (χ4n) is 2.11. The predicted octanol–water partition coefficient (Wildman–Crippen LogP) is 1.84. The van der Waals surface area contributed by atoms with Crippen molar-refractivity contribution in [3.8, 4) is 5.75 Å². The van der Waals surface area contributed by atoms with Gasteiger partial charge in [-0.25, -0.2) is 4.68 Å². The van der Waals surface area contributed by atoms with Gasteiger partial charge in [-0.05, 0) is 22.4 Å². The Bertz CT molecular complexity index is 810. The van der Waals surface area contributed by atoms with Gasteiger partial charge < -0.3 is 10.5 Å². The first kappa shape index (κ1) is 13.8. The number of rotatable bonds is 5. The van der Waals surface area contributed by atoms with Crippen LogP contribution in [0.5, 0.6) is 5.75 Å². The highest BCUT2D eigenvalue weighted by Gasteiger charge is 2.07. The Labute approximate surface area is 125 Å². The van der Waals surface area contributed by atoms with Crippen molar-refractivity contribution in [3.05, 3.63) is 57.8 Å². The monoisotopic (exact) mass is 301 g/mol. The van der Waals surface area contributed by atoms with Crippen LogP contribution < -0.4 is 16.0 Å². The Morgan fingerprint density at radius 2 is 2.19 bits per heavy atom. The van der Waals surface area contributed by atoms with Gasteiger partial charge in [-0.15, -0.1) is 11.3 Å². The minimum absolute atomic E-state index is 0.181. The molecule has 2 aromatic heterocycles. The van der Waals surface area contributed by atoms with Crippen molar-refractivity contribution in [2.24, 2.45) is 5.73 Å². The Kier molecular flexibility index (Phi) is 3.98. The molecule has 6 heteroatoms. The van der Waals surface area contributed by atoms with Gasteiger partial charge >= 0.3 is 0 Å². The maximum atomic E-state index is 12.1. The first-order valence-electron chi connectivity index (χ1n) is 6.63. The summed E-state index contributed by atoms with van der Waals surface area (Å²) in [5.74, 6) is 0.455. The van der Waals surface area contributed by atoms with Crippen LogP contribution in [-0.2, 0) is 6.54 Å². The molecule has 0 unspecified atom stereocenters. The molecule has 0 amide bonds. The molecule has 108 valence electrons. The lowest BCUT2D eigenvalue weighted by Crippen LogP contribution is -2.23. The van der Waals surface area contributed by atoms with Crippen LogP contribution in [0.2, 0.25) is 0 Å². The number of benzene rings is 1. The number of ether oxygens (including phenoxy) is 1. The van der Waals surface area contributed by atoms with Gasteiger partial charge in [0.05, 0.1) is 12.7 Å². The van der Waals surface area contributed by atoms with E-state index in [0.717, 1.165) is 5.56 Å². The number of thiophene rings is 1. The van der Waals surface area contributed by atoms with Crippen LogP contribution in [0.15, 0.2) is 46.7 Å². The van der Waals surface area contributed by atoms with Gasteiger partial charge in [0.1, 0.15) is 12.4 Å².